The third-order valence-corrected chi connectivity index (χ3v) is 5.62. The van der Waals surface area contributed by atoms with Crippen molar-refractivity contribution in [2.24, 2.45) is 7.05 Å². The topological polar surface area (TPSA) is 75.4 Å². The van der Waals surface area contributed by atoms with Crippen molar-refractivity contribution in [3.63, 3.8) is 0 Å². The number of piperazine rings is 1. The lowest BCUT2D eigenvalue weighted by molar-refractivity contribution is 0.290. The van der Waals surface area contributed by atoms with E-state index in [0.717, 1.165) is 53.9 Å². The minimum atomic E-state index is -0.0754. The van der Waals surface area contributed by atoms with Gasteiger partial charge in [-0.15, -0.1) is 0 Å². The number of benzene rings is 2. The van der Waals surface area contributed by atoms with Crippen LogP contribution in [0.1, 0.15) is 5.56 Å². The van der Waals surface area contributed by atoms with Gasteiger partial charge in [-0.05, 0) is 17.7 Å². The maximum absolute atomic E-state index is 9.99. The summed E-state index contributed by atoms with van der Waals surface area (Å²) in [5.74, 6) is 0.296. The molecule has 0 atom stereocenters. The molecule has 1 aliphatic rings. The first-order valence-corrected chi connectivity index (χ1v) is 10.5. The molecule has 4 aromatic rings. The summed E-state index contributed by atoms with van der Waals surface area (Å²) >= 11 is 0. The van der Waals surface area contributed by atoms with Crippen LogP contribution in [0.25, 0.3) is 22.2 Å². The SMILES string of the molecule is Cn1nc(-c2ccc(O)nc2OCc2ccccc2)c2cccc(N3CCNCC3)c21. The second kappa shape index (κ2) is 8.28. The van der Waals surface area contributed by atoms with Crippen molar-refractivity contribution in [2.45, 2.75) is 6.61 Å². The molecule has 158 valence electrons. The number of nitrogens with zero attached hydrogens (tertiary/aromatic N) is 4. The average molecular weight is 415 g/mol. The van der Waals surface area contributed by atoms with Gasteiger partial charge in [-0.25, -0.2) is 0 Å². The summed E-state index contributed by atoms with van der Waals surface area (Å²) in [7, 11) is 1.97. The molecular weight excluding hydrogens is 390 g/mol. The van der Waals surface area contributed by atoms with Gasteiger partial charge in [-0.1, -0.05) is 42.5 Å². The quantitative estimate of drug-likeness (QED) is 0.521. The fraction of sp³-hybridized carbons (Fsp3) is 0.250. The smallest absolute Gasteiger partial charge is 0.226 e. The summed E-state index contributed by atoms with van der Waals surface area (Å²) in [6, 6.07) is 19.6. The van der Waals surface area contributed by atoms with Crippen LogP contribution in [0.15, 0.2) is 60.7 Å². The molecule has 1 aliphatic heterocycles. The molecule has 7 heteroatoms. The Morgan fingerprint density at radius 2 is 1.81 bits per heavy atom. The predicted octanol–water partition coefficient (Wildman–Crippen LogP) is 3.33. The van der Waals surface area contributed by atoms with E-state index < -0.39 is 0 Å². The fourth-order valence-electron chi connectivity index (χ4n) is 4.12. The lowest BCUT2D eigenvalue weighted by atomic mass is 10.1. The third-order valence-electron chi connectivity index (χ3n) is 5.62. The highest BCUT2D eigenvalue weighted by atomic mass is 16.5. The van der Waals surface area contributed by atoms with E-state index in [2.05, 4.69) is 33.4 Å². The number of anilines is 1. The van der Waals surface area contributed by atoms with Crippen molar-refractivity contribution in [2.75, 3.05) is 31.1 Å². The van der Waals surface area contributed by atoms with E-state index in [1.54, 1.807) is 6.07 Å². The van der Waals surface area contributed by atoms with Crippen LogP contribution in [-0.2, 0) is 13.7 Å². The molecule has 2 N–H and O–H groups in total. The van der Waals surface area contributed by atoms with Crippen LogP contribution < -0.4 is 15.0 Å². The highest BCUT2D eigenvalue weighted by Gasteiger charge is 2.21. The Balaban J connectivity index is 1.56. The Morgan fingerprint density at radius 1 is 1.00 bits per heavy atom. The number of hydrogen-bond acceptors (Lipinski definition) is 6. The number of pyridine rings is 1. The van der Waals surface area contributed by atoms with Crippen molar-refractivity contribution < 1.29 is 9.84 Å². The summed E-state index contributed by atoms with van der Waals surface area (Å²) in [6.07, 6.45) is 0. The first-order valence-electron chi connectivity index (χ1n) is 10.5. The number of ether oxygens (including phenoxy) is 1. The second-order valence-corrected chi connectivity index (χ2v) is 7.68. The van der Waals surface area contributed by atoms with E-state index in [4.69, 9.17) is 9.84 Å². The van der Waals surface area contributed by atoms with Gasteiger partial charge >= 0.3 is 0 Å². The molecule has 0 amide bonds. The maximum atomic E-state index is 9.99. The molecule has 0 unspecified atom stereocenters. The van der Waals surface area contributed by atoms with Crippen molar-refractivity contribution in [1.29, 1.82) is 0 Å². The van der Waals surface area contributed by atoms with Crippen LogP contribution in [0.3, 0.4) is 0 Å². The zero-order chi connectivity index (χ0) is 21.2. The van der Waals surface area contributed by atoms with Gasteiger partial charge in [0.25, 0.3) is 0 Å². The Labute approximate surface area is 180 Å². The lowest BCUT2D eigenvalue weighted by Gasteiger charge is -2.30. The van der Waals surface area contributed by atoms with Gasteiger partial charge in [-0.3, -0.25) is 4.68 Å². The Kier molecular flexibility index (Phi) is 5.18. The molecular formula is C24H25N5O2. The van der Waals surface area contributed by atoms with Crippen LogP contribution in [0.4, 0.5) is 5.69 Å². The first kappa shape index (κ1) is 19.4. The van der Waals surface area contributed by atoms with E-state index in [1.807, 2.05) is 48.1 Å². The van der Waals surface area contributed by atoms with E-state index >= 15 is 0 Å². The van der Waals surface area contributed by atoms with Gasteiger partial charge in [0.15, 0.2) is 0 Å². The minimum absolute atomic E-state index is 0.0754. The molecule has 2 aromatic heterocycles. The van der Waals surface area contributed by atoms with Gasteiger partial charge in [0.05, 0.1) is 16.8 Å². The molecule has 0 radical (unpaired) electrons. The number of nitrogens with one attached hydrogen (secondary N) is 1. The monoisotopic (exact) mass is 415 g/mol. The normalized spacial score (nSPS) is 14.2. The van der Waals surface area contributed by atoms with Crippen LogP contribution >= 0.6 is 0 Å². The van der Waals surface area contributed by atoms with E-state index in [-0.39, 0.29) is 5.88 Å². The number of para-hydroxylation sites is 1. The number of fused-ring (bicyclic) bond motifs is 1. The van der Waals surface area contributed by atoms with Crippen molar-refractivity contribution >= 4 is 16.6 Å². The molecule has 1 fully saturated rings. The molecule has 1 saturated heterocycles. The molecule has 0 aliphatic carbocycles. The Bertz CT molecular complexity index is 1200. The standard InChI is InChI=1S/C24H25N5O2/c1-28-23-18(8-5-9-20(23)29-14-12-25-13-15-29)22(27-28)19-10-11-21(30)26-24(19)31-16-17-6-3-2-4-7-17/h2-11,25H,12-16H2,1H3,(H,26,30). The fourth-order valence-corrected chi connectivity index (χ4v) is 4.12. The Morgan fingerprint density at radius 3 is 2.61 bits per heavy atom. The number of aromatic hydroxyl groups is 1. The zero-order valence-electron chi connectivity index (χ0n) is 17.5. The molecule has 0 saturated carbocycles. The molecule has 5 rings (SSSR count). The van der Waals surface area contributed by atoms with E-state index in [9.17, 15) is 5.11 Å². The summed E-state index contributed by atoms with van der Waals surface area (Å²) in [5.41, 5.74) is 4.85. The average Bonchev–Trinajstić information content (AvgIpc) is 3.15. The first-order chi connectivity index (χ1) is 15.2. The molecule has 2 aromatic carbocycles. The highest BCUT2D eigenvalue weighted by Crippen LogP contribution is 2.37. The molecule has 7 nitrogen and oxygen atoms in total. The molecule has 31 heavy (non-hydrogen) atoms. The van der Waals surface area contributed by atoms with Crippen LogP contribution in [0.5, 0.6) is 11.8 Å². The molecule has 0 spiro atoms. The second-order valence-electron chi connectivity index (χ2n) is 7.68. The Hall–Kier alpha value is -3.58. The van der Waals surface area contributed by atoms with Crippen LogP contribution in [-0.4, -0.2) is 46.1 Å². The molecule has 3 heterocycles. The number of hydrogen-bond donors (Lipinski definition) is 2. The van der Waals surface area contributed by atoms with E-state index in [0.29, 0.717) is 12.5 Å². The third kappa shape index (κ3) is 3.80. The number of aromatic nitrogens is 3. The van der Waals surface area contributed by atoms with Gasteiger partial charge in [-0.2, -0.15) is 10.1 Å². The van der Waals surface area contributed by atoms with Gasteiger partial charge in [0, 0.05) is 44.7 Å². The summed E-state index contributed by atoms with van der Waals surface area (Å²) in [5, 5.41) is 19.3. The number of aryl methyl sites for hydroxylation is 1. The predicted molar refractivity (Wildman–Crippen MR) is 121 cm³/mol. The van der Waals surface area contributed by atoms with Gasteiger partial charge in [0.1, 0.15) is 12.3 Å². The largest absolute Gasteiger partial charge is 0.493 e. The highest BCUT2D eigenvalue weighted by molar-refractivity contribution is 6.01. The number of rotatable bonds is 5. The minimum Gasteiger partial charge on any atom is -0.493 e. The van der Waals surface area contributed by atoms with E-state index in [1.165, 1.54) is 5.69 Å². The van der Waals surface area contributed by atoms with Gasteiger partial charge < -0.3 is 20.1 Å². The summed E-state index contributed by atoms with van der Waals surface area (Å²) in [6.45, 7) is 4.24. The zero-order valence-corrected chi connectivity index (χ0v) is 17.5. The maximum Gasteiger partial charge on any atom is 0.226 e. The van der Waals surface area contributed by atoms with Gasteiger partial charge in [0.2, 0.25) is 11.8 Å². The summed E-state index contributed by atoms with van der Waals surface area (Å²) < 4.78 is 7.95. The lowest BCUT2D eigenvalue weighted by Crippen LogP contribution is -2.43. The summed E-state index contributed by atoms with van der Waals surface area (Å²) in [4.78, 5) is 6.65. The molecule has 0 bridgehead atoms. The van der Waals surface area contributed by atoms with Crippen LogP contribution in [0.2, 0.25) is 0 Å². The van der Waals surface area contributed by atoms with Crippen molar-refractivity contribution in [3.8, 4) is 23.0 Å². The van der Waals surface area contributed by atoms with Crippen LogP contribution in [0, 0.1) is 0 Å². The van der Waals surface area contributed by atoms with Crippen molar-refractivity contribution in [1.82, 2.24) is 20.1 Å². The van der Waals surface area contributed by atoms with Crippen molar-refractivity contribution in [3.05, 3.63) is 66.2 Å².